The maximum atomic E-state index is 2.41. The van der Waals surface area contributed by atoms with Crippen molar-refractivity contribution in [2.45, 2.75) is 30.8 Å². The van der Waals surface area contributed by atoms with E-state index in [4.69, 9.17) is 0 Å². The maximum absolute atomic E-state index is 2.41. The molecule has 0 bridgehead atoms. The SMILES string of the molecule is CC1CC(C)C(c2ccccc2)SC1c1ccccc1. The summed E-state index contributed by atoms with van der Waals surface area (Å²) in [5.41, 5.74) is 2.97. The maximum Gasteiger partial charge on any atom is 0.0329 e. The zero-order valence-corrected chi connectivity index (χ0v) is 13.0. The van der Waals surface area contributed by atoms with Gasteiger partial charge in [0.2, 0.25) is 0 Å². The van der Waals surface area contributed by atoms with Crippen molar-refractivity contribution in [2.24, 2.45) is 11.8 Å². The number of rotatable bonds is 2. The minimum Gasteiger partial charge on any atom is -0.145 e. The number of hydrogen-bond acceptors (Lipinski definition) is 1. The van der Waals surface area contributed by atoms with Crippen molar-refractivity contribution < 1.29 is 0 Å². The molecule has 4 atom stereocenters. The Kier molecular flexibility index (Phi) is 4.16. The molecule has 0 aliphatic carbocycles. The second-order valence-electron chi connectivity index (χ2n) is 5.99. The van der Waals surface area contributed by atoms with Gasteiger partial charge >= 0.3 is 0 Å². The molecular weight excluding hydrogens is 260 g/mol. The first-order valence-corrected chi connectivity index (χ1v) is 8.45. The van der Waals surface area contributed by atoms with E-state index in [1.807, 2.05) is 0 Å². The highest BCUT2D eigenvalue weighted by Gasteiger charge is 2.34. The van der Waals surface area contributed by atoms with Crippen molar-refractivity contribution in [3.63, 3.8) is 0 Å². The Bertz CT molecular complexity index is 485. The summed E-state index contributed by atoms with van der Waals surface area (Å²) in [5, 5.41) is 1.25. The summed E-state index contributed by atoms with van der Waals surface area (Å²) >= 11 is 2.15. The van der Waals surface area contributed by atoms with Crippen molar-refractivity contribution in [1.29, 1.82) is 0 Å². The van der Waals surface area contributed by atoms with Crippen molar-refractivity contribution in [2.75, 3.05) is 0 Å². The molecule has 0 saturated carbocycles. The molecule has 3 rings (SSSR count). The molecule has 20 heavy (non-hydrogen) atoms. The molecular formula is C19H22S. The molecule has 4 unspecified atom stereocenters. The van der Waals surface area contributed by atoms with Crippen LogP contribution in [-0.2, 0) is 0 Å². The van der Waals surface area contributed by atoms with E-state index in [0.717, 1.165) is 11.8 Å². The van der Waals surface area contributed by atoms with E-state index in [9.17, 15) is 0 Å². The lowest BCUT2D eigenvalue weighted by atomic mass is 9.86. The van der Waals surface area contributed by atoms with Gasteiger partial charge in [0.1, 0.15) is 0 Å². The van der Waals surface area contributed by atoms with Gasteiger partial charge in [0.25, 0.3) is 0 Å². The summed E-state index contributed by atoms with van der Waals surface area (Å²) in [5.74, 6) is 1.50. The van der Waals surface area contributed by atoms with Crippen LogP contribution in [-0.4, -0.2) is 0 Å². The van der Waals surface area contributed by atoms with Crippen LogP contribution in [0.4, 0.5) is 0 Å². The predicted octanol–water partition coefficient (Wildman–Crippen LogP) is 5.88. The Balaban J connectivity index is 1.87. The zero-order valence-electron chi connectivity index (χ0n) is 12.2. The van der Waals surface area contributed by atoms with Gasteiger partial charge in [0.05, 0.1) is 0 Å². The quantitative estimate of drug-likeness (QED) is 0.663. The second kappa shape index (κ2) is 6.05. The molecule has 2 aromatic carbocycles. The van der Waals surface area contributed by atoms with Gasteiger partial charge in [-0.2, -0.15) is 0 Å². The third kappa shape index (κ3) is 2.78. The smallest absolute Gasteiger partial charge is 0.0329 e. The average Bonchev–Trinajstić information content (AvgIpc) is 2.49. The molecule has 2 aromatic rings. The van der Waals surface area contributed by atoms with Gasteiger partial charge in [-0.25, -0.2) is 0 Å². The molecule has 104 valence electrons. The van der Waals surface area contributed by atoms with Crippen LogP contribution in [0.2, 0.25) is 0 Å². The fraction of sp³-hybridized carbons (Fsp3) is 0.368. The molecule has 1 saturated heterocycles. The largest absolute Gasteiger partial charge is 0.145 e. The topological polar surface area (TPSA) is 0 Å². The molecule has 0 aromatic heterocycles. The van der Waals surface area contributed by atoms with Gasteiger partial charge in [0, 0.05) is 10.5 Å². The number of thioether (sulfide) groups is 1. The molecule has 1 heteroatoms. The molecule has 0 spiro atoms. The Labute approximate surface area is 126 Å². The van der Waals surface area contributed by atoms with Crippen LogP contribution in [0.25, 0.3) is 0 Å². The van der Waals surface area contributed by atoms with Gasteiger partial charge in [-0.05, 0) is 29.4 Å². The monoisotopic (exact) mass is 282 g/mol. The van der Waals surface area contributed by atoms with Crippen LogP contribution in [0.3, 0.4) is 0 Å². The van der Waals surface area contributed by atoms with E-state index in [-0.39, 0.29) is 0 Å². The van der Waals surface area contributed by atoms with Crippen LogP contribution >= 0.6 is 11.8 Å². The minimum absolute atomic E-state index is 0.623. The lowest BCUT2D eigenvalue weighted by Crippen LogP contribution is -2.22. The highest BCUT2D eigenvalue weighted by atomic mass is 32.2. The number of hydrogen-bond donors (Lipinski definition) is 0. The van der Waals surface area contributed by atoms with Crippen LogP contribution in [0.15, 0.2) is 60.7 Å². The zero-order chi connectivity index (χ0) is 13.9. The van der Waals surface area contributed by atoms with Gasteiger partial charge in [-0.15, -0.1) is 11.8 Å². The van der Waals surface area contributed by atoms with Gasteiger partial charge < -0.3 is 0 Å². The molecule has 1 fully saturated rings. The molecule has 1 aliphatic rings. The number of benzene rings is 2. The molecule has 1 aliphatic heterocycles. The average molecular weight is 282 g/mol. The van der Waals surface area contributed by atoms with Crippen LogP contribution in [0, 0.1) is 11.8 Å². The van der Waals surface area contributed by atoms with Gasteiger partial charge in [-0.1, -0.05) is 74.5 Å². The lowest BCUT2D eigenvalue weighted by molar-refractivity contribution is 0.378. The first-order valence-electron chi connectivity index (χ1n) is 7.51. The molecule has 0 N–H and O–H groups in total. The summed E-state index contributed by atoms with van der Waals surface area (Å²) in [6.07, 6.45) is 1.31. The standard InChI is InChI=1S/C19H22S/c1-14-13-15(2)19(17-11-7-4-8-12-17)20-18(14)16-9-5-3-6-10-16/h3-12,14-15,18-19H,13H2,1-2H3. The summed E-state index contributed by atoms with van der Waals surface area (Å²) in [6.45, 7) is 4.81. The summed E-state index contributed by atoms with van der Waals surface area (Å²) in [6, 6.07) is 22.0. The van der Waals surface area contributed by atoms with E-state index in [0.29, 0.717) is 10.5 Å². The second-order valence-corrected chi connectivity index (χ2v) is 7.28. The molecule has 0 nitrogen and oxygen atoms in total. The van der Waals surface area contributed by atoms with Gasteiger partial charge in [-0.3, -0.25) is 0 Å². The van der Waals surface area contributed by atoms with Crippen LogP contribution < -0.4 is 0 Å². The van der Waals surface area contributed by atoms with Crippen LogP contribution in [0.5, 0.6) is 0 Å². The third-order valence-corrected chi connectivity index (χ3v) is 6.39. The molecule has 0 amide bonds. The van der Waals surface area contributed by atoms with E-state index in [1.54, 1.807) is 0 Å². The predicted molar refractivity (Wildman–Crippen MR) is 88.9 cm³/mol. The molecule has 1 heterocycles. The lowest BCUT2D eigenvalue weighted by Gasteiger charge is -2.39. The van der Waals surface area contributed by atoms with E-state index >= 15 is 0 Å². The van der Waals surface area contributed by atoms with E-state index in [1.165, 1.54) is 17.5 Å². The van der Waals surface area contributed by atoms with Crippen molar-refractivity contribution in [3.05, 3.63) is 71.8 Å². The highest BCUT2D eigenvalue weighted by Crippen LogP contribution is 2.54. The van der Waals surface area contributed by atoms with E-state index < -0.39 is 0 Å². The summed E-state index contributed by atoms with van der Waals surface area (Å²) in [4.78, 5) is 0. The molecule has 0 radical (unpaired) electrons. The Morgan fingerprint density at radius 2 is 1.10 bits per heavy atom. The van der Waals surface area contributed by atoms with Crippen LogP contribution in [0.1, 0.15) is 41.9 Å². The Hall–Kier alpha value is -1.21. The third-order valence-electron chi connectivity index (χ3n) is 4.33. The normalized spacial score (nSPS) is 30.1. The summed E-state index contributed by atoms with van der Waals surface area (Å²) in [7, 11) is 0. The first kappa shape index (κ1) is 13.8. The summed E-state index contributed by atoms with van der Waals surface area (Å²) < 4.78 is 0. The first-order chi connectivity index (χ1) is 9.75. The minimum atomic E-state index is 0.623. The van der Waals surface area contributed by atoms with Crippen molar-refractivity contribution >= 4 is 11.8 Å². The Morgan fingerprint density at radius 1 is 0.700 bits per heavy atom. The fourth-order valence-corrected chi connectivity index (χ4v) is 5.06. The Morgan fingerprint density at radius 3 is 1.50 bits per heavy atom. The van der Waals surface area contributed by atoms with Crippen molar-refractivity contribution in [1.82, 2.24) is 0 Å². The fourth-order valence-electron chi connectivity index (χ4n) is 3.36. The highest BCUT2D eigenvalue weighted by molar-refractivity contribution is 7.99. The van der Waals surface area contributed by atoms with E-state index in [2.05, 4.69) is 86.3 Å². The van der Waals surface area contributed by atoms with Gasteiger partial charge in [0.15, 0.2) is 0 Å². The van der Waals surface area contributed by atoms with Crippen molar-refractivity contribution in [3.8, 4) is 0 Å².